The number of methoxy groups -OCH3 is 2. The van der Waals surface area contributed by atoms with E-state index in [1.807, 2.05) is 47.5 Å². The summed E-state index contributed by atoms with van der Waals surface area (Å²) in [7, 11) is 3.21. The van der Waals surface area contributed by atoms with E-state index in [0.29, 0.717) is 48.1 Å². The molecule has 0 spiro atoms. The zero-order chi connectivity index (χ0) is 25.2. The van der Waals surface area contributed by atoms with E-state index < -0.39 is 0 Å². The van der Waals surface area contributed by atoms with Gasteiger partial charge in [0.05, 0.1) is 20.8 Å². The molecule has 0 saturated carbocycles. The van der Waals surface area contributed by atoms with Crippen LogP contribution in [0.3, 0.4) is 0 Å². The molecule has 0 N–H and O–H groups in total. The summed E-state index contributed by atoms with van der Waals surface area (Å²) in [5.74, 6) is 1.06. The van der Waals surface area contributed by atoms with E-state index in [2.05, 4.69) is 0 Å². The van der Waals surface area contributed by atoms with Crippen molar-refractivity contribution in [2.45, 2.75) is 26.3 Å². The Morgan fingerprint density at radius 3 is 2.31 bits per heavy atom. The van der Waals surface area contributed by atoms with Crippen LogP contribution in [0.15, 0.2) is 60.0 Å². The number of rotatable bonds is 12. The van der Waals surface area contributed by atoms with Gasteiger partial charge in [0.15, 0.2) is 11.5 Å². The number of benzene rings is 2. The third kappa shape index (κ3) is 7.47. The van der Waals surface area contributed by atoms with Crippen LogP contribution in [-0.4, -0.2) is 55.5 Å². The van der Waals surface area contributed by atoms with Gasteiger partial charge in [-0.15, -0.1) is 11.3 Å². The van der Waals surface area contributed by atoms with Gasteiger partial charge in [0.2, 0.25) is 5.91 Å². The third-order valence-electron chi connectivity index (χ3n) is 5.60. The topological polar surface area (TPSA) is 59.1 Å². The number of hydrogen-bond acceptors (Lipinski definition) is 5. The number of ether oxygens (including phenoxy) is 2. The molecule has 8 heteroatoms. The largest absolute Gasteiger partial charge is 0.493 e. The molecule has 3 rings (SSSR count). The number of carbonyl (C=O) groups excluding carboxylic acids is 2. The Morgan fingerprint density at radius 2 is 1.69 bits per heavy atom. The van der Waals surface area contributed by atoms with Crippen molar-refractivity contribution < 1.29 is 19.1 Å². The maximum atomic E-state index is 13.5. The molecular formula is C27H31ClN2O4S. The summed E-state index contributed by atoms with van der Waals surface area (Å²) in [6, 6.07) is 16.5. The Bertz CT molecular complexity index is 1100. The quantitative estimate of drug-likeness (QED) is 0.318. The molecule has 2 amide bonds. The van der Waals surface area contributed by atoms with Crippen molar-refractivity contribution in [2.75, 3.05) is 33.9 Å². The molecule has 0 bridgehead atoms. The van der Waals surface area contributed by atoms with Crippen LogP contribution in [0.25, 0.3) is 0 Å². The number of amides is 2. The van der Waals surface area contributed by atoms with Gasteiger partial charge in [-0.05, 0) is 66.2 Å². The number of nitrogens with zero attached hydrogens (tertiary/aromatic N) is 2. The predicted molar refractivity (Wildman–Crippen MR) is 141 cm³/mol. The van der Waals surface area contributed by atoms with Crippen LogP contribution in [0.5, 0.6) is 11.5 Å². The van der Waals surface area contributed by atoms with Gasteiger partial charge in [-0.1, -0.05) is 30.7 Å². The number of halogens is 1. The molecule has 186 valence electrons. The maximum Gasteiger partial charge on any atom is 0.254 e. The number of hydrogen-bond donors (Lipinski definition) is 0. The highest BCUT2D eigenvalue weighted by atomic mass is 35.5. The second-order valence-electron chi connectivity index (χ2n) is 8.07. The van der Waals surface area contributed by atoms with Crippen LogP contribution in [0.4, 0.5) is 0 Å². The molecule has 0 aliphatic heterocycles. The Labute approximate surface area is 216 Å². The van der Waals surface area contributed by atoms with Crippen LogP contribution in [0.2, 0.25) is 5.02 Å². The summed E-state index contributed by atoms with van der Waals surface area (Å²) >= 11 is 7.58. The molecule has 6 nitrogen and oxygen atoms in total. The van der Waals surface area contributed by atoms with E-state index >= 15 is 0 Å². The van der Waals surface area contributed by atoms with Crippen molar-refractivity contribution in [1.82, 2.24) is 9.80 Å². The van der Waals surface area contributed by atoms with Gasteiger partial charge in [0.25, 0.3) is 5.91 Å². The SMILES string of the molecule is CCCN(CC(=O)N(CCc1ccc(OC)c(OC)c1)Cc1cccs1)C(=O)c1ccc(Cl)cc1. The molecule has 3 aromatic rings. The monoisotopic (exact) mass is 514 g/mol. The predicted octanol–water partition coefficient (Wildman–Crippen LogP) is 5.54. The van der Waals surface area contributed by atoms with Gasteiger partial charge in [-0.2, -0.15) is 0 Å². The molecule has 35 heavy (non-hydrogen) atoms. The van der Waals surface area contributed by atoms with Crippen molar-refractivity contribution in [3.8, 4) is 11.5 Å². The summed E-state index contributed by atoms with van der Waals surface area (Å²) in [6.07, 6.45) is 1.40. The van der Waals surface area contributed by atoms with Gasteiger partial charge < -0.3 is 19.3 Å². The lowest BCUT2D eigenvalue weighted by Crippen LogP contribution is -2.43. The number of carbonyl (C=O) groups is 2. The van der Waals surface area contributed by atoms with E-state index in [9.17, 15) is 9.59 Å². The minimum Gasteiger partial charge on any atom is -0.493 e. The minimum atomic E-state index is -0.173. The summed E-state index contributed by atoms with van der Waals surface area (Å²) < 4.78 is 10.7. The normalized spacial score (nSPS) is 10.6. The Balaban J connectivity index is 1.75. The van der Waals surface area contributed by atoms with E-state index in [1.54, 1.807) is 54.7 Å². The van der Waals surface area contributed by atoms with Gasteiger partial charge in [-0.3, -0.25) is 9.59 Å². The summed E-state index contributed by atoms with van der Waals surface area (Å²) in [5.41, 5.74) is 1.56. The van der Waals surface area contributed by atoms with Crippen LogP contribution in [0, 0.1) is 0 Å². The molecule has 0 aliphatic carbocycles. The highest BCUT2D eigenvalue weighted by molar-refractivity contribution is 7.09. The van der Waals surface area contributed by atoms with Crippen LogP contribution in [-0.2, 0) is 17.8 Å². The molecule has 0 atom stereocenters. The lowest BCUT2D eigenvalue weighted by molar-refractivity contribution is -0.132. The van der Waals surface area contributed by atoms with Crippen molar-refractivity contribution in [2.24, 2.45) is 0 Å². The average Bonchev–Trinajstić information content (AvgIpc) is 3.39. The highest BCUT2D eigenvalue weighted by Crippen LogP contribution is 2.28. The summed E-state index contributed by atoms with van der Waals surface area (Å²) in [4.78, 5) is 31.1. The van der Waals surface area contributed by atoms with Gasteiger partial charge in [0, 0.05) is 28.6 Å². The van der Waals surface area contributed by atoms with E-state index in [4.69, 9.17) is 21.1 Å². The fraction of sp³-hybridized carbons (Fsp3) is 0.333. The number of thiophene rings is 1. The first kappa shape index (κ1) is 26.6. The van der Waals surface area contributed by atoms with E-state index in [-0.39, 0.29) is 18.4 Å². The van der Waals surface area contributed by atoms with Crippen LogP contribution >= 0.6 is 22.9 Å². The van der Waals surface area contributed by atoms with Crippen molar-refractivity contribution in [3.05, 3.63) is 81.0 Å². The van der Waals surface area contributed by atoms with Crippen LogP contribution in [0.1, 0.15) is 34.1 Å². The van der Waals surface area contributed by atoms with E-state index in [0.717, 1.165) is 16.9 Å². The van der Waals surface area contributed by atoms with Crippen molar-refractivity contribution >= 4 is 34.8 Å². The van der Waals surface area contributed by atoms with Crippen molar-refractivity contribution in [1.29, 1.82) is 0 Å². The first-order valence-electron chi connectivity index (χ1n) is 11.5. The first-order valence-corrected chi connectivity index (χ1v) is 12.8. The third-order valence-corrected chi connectivity index (χ3v) is 6.71. The van der Waals surface area contributed by atoms with Gasteiger partial charge in [0.1, 0.15) is 6.54 Å². The Kier molecular flexibility index (Phi) is 9.99. The van der Waals surface area contributed by atoms with Crippen molar-refractivity contribution in [3.63, 3.8) is 0 Å². The molecule has 0 radical (unpaired) electrons. The Morgan fingerprint density at radius 1 is 0.943 bits per heavy atom. The summed E-state index contributed by atoms with van der Waals surface area (Å²) in [5, 5.41) is 2.57. The average molecular weight is 515 g/mol. The summed E-state index contributed by atoms with van der Waals surface area (Å²) in [6.45, 7) is 3.52. The fourth-order valence-electron chi connectivity index (χ4n) is 3.74. The molecule has 0 aliphatic rings. The van der Waals surface area contributed by atoms with Gasteiger partial charge in [-0.25, -0.2) is 0 Å². The first-order chi connectivity index (χ1) is 16.9. The standard InChI is InChI=1S/C27H31ClN2O4S/c1-4-14-30(27(32)21-8-10-22(28)11-9-21)19-26(31)29(18-23-6-5-16-35-23)15-13-20-7-12-24(33-2)25(17-20)34-3/h5-12,16-17H,4,13-15,18-19H2,1-3H3. The van der Waals surface area contributed by atoms with Gasteiger partial charge >= 0.3 is 0 Å². The lowest BCUT2D eigenvalue weighted by atomic mass is 10.1. The smallest absolute Gasteiger partial charge is 0.254 e. The van der Waals surface area contributed by atoms with Crippen LogP contribution < -0.4 is 9.47 Å². The maximum absolute atomic E-state index is 13.5. The fourth-order valence-corrected chi connectivity index (χ4v) is 4.59. The lowest BCUT2D eigenvalue weighted by Gasteiger charge is -2.27. The Hall–Kier alpha value is -3.03. The molecule has 0 saturated heterocycles. The molecule has 0 fully saturated rings. The highest BCUT2D eigenvalue weighted by Gasteiger charge is 2.22. The minimum absolute atomic E-state index is 0.0204. The molecule has 1 heterocycles. The zero-order valence-corrected chi connectivity index (χ0v) is 21.9. The molecule has 1 aromatic heterocycles. The van der Waals surface area contributed by atoms with E-state index in [1.165, 1.54) is 0 Å². The second-order valence-corrected chi connectivity index (χ2v) is 9.54. The molecular weight excluding hydrogens is 484 g/mol. The molecule has 0 unspecified atom stereocenters. The zero-order valence-electron chi connectivity index (χ0n) is 20.3. The second kappa shape index (κ2) is 13.2. The molecule has 2 aromatic carbocycles.